The highest BCUT2D eigenvalue weighted by atomic mass is 32.2. The van der Waals surface area contributed by atoms with Gasteiger partial charge in [-0.1, -0.05) is 6.92 Å². The van der Waals surface area contributed by atoms with Gasteiger partial charge in [-0.3, -0.25) is 9.52 Å². The van der Waals surface area contributed by atoms with Gasteiger partial charge in [-0.2, -0.15) is 12.7 Å². The smallest absolute Gasteiger partial charge is 0.301 e. The lowest BCUT2D eigenvalue weighted by Gasteiger charge is -2.20. The first kappa shape index (κ1) is 14.3. The third kappa shape index (κ3) is 3.03. The molecule has 1 atom stereocenters. The minimum atomic E-state index is -3.49. The van der Waals surface area contributed by atoms with Gasteiger partial charge in [0.1, 0.15) is 0 Å². The van der Waals surface area contributed by atoms with Crippen molar-refractivity contribution in [1.82, 2.24) is 4.31 Å². The van der Waals surface area contributed by atoms with Crippen LogP contribution in [0.3, 0.4) is 0 Å². The number of fused-ring (bicyclic) bond motifs is 1. The van der Waals surface area contributed by atoms with E-state index in [2.05, 4.69) is 17.0 Å². The average molecular weight is 309 g/mol. The van der Waals surface area contributed by atoms with Crippen LogP contribution in [0.5, 0.6) is 0 Å². The third-order valence-electron chi connectivity index (χ3n) is 3.97. The van der Waals surface area contributed by atoms with Gasteiger partial charge in [-0.15, -0.1) is 0 Å². The van der Waals surface area contributed by atoms with Crippen LogP contribution in [0.25, 0.3) is 0 Å². The molecule has 0 aliphatic carbocycles. The predicted octanol–water partition coefficient (Wildman–Crippen LogP) is 1.57. The minimum Gasteiger partial charge on any atom is -0.326 e. The fourth-order valence-electron chi connectivity index (χ4n) is 2.77. The van der Waals surface area contributed by atoms with Crippen LogP contribution < -0.4 is 10.0 Å². The Bertz CT molecular complexity index is 672. The number of carbonyl (C=O) groups is 1. The monoisotopic (exact) mass is 309 g/mol. The average Bonchev–Trinajstić information content (AvgIpc) is 2.86. The Morgan fingerprint density at radius 3 is 2.86 bits per heavy atom. The summed E-state index contributed by atoms with van der Waals surface area (Å²) in [7, 11) is -3.49. The molecule has 0 unspecified atom stereocenters. The molecule has 1 fully saturated rings. The molecule has 1 saturated heterocycles. The topological polar surface area (TPSA) is 78.5 Å². The maximum Gasteiger partial charge on any atom is 0.301 e. The summed E-state index contributed by atoms with van der Waals surface area (Å²) in [5.41, 5.74) is 2.28. The van der Waals surface area contributed by atoms with E-state index in [1.165, 1.54) is 4.31 Å². The van der Waals surface area contributed by atoms with Crippen LogP contribution in [0.2, 0.25) is 0 Å². The largest absolute Gasteiger partial charge is 0.326 e. The highest BCUT2D eigenvalue weighted by Crippen LogP contribution is 2.27. The summed E-state index contributed by atoms with van der Waals surface area (Å²) < 4.78 is 28.7. The van der Waals surface area contributed by atoms with E-state index in [1.807, 2.05) is 0 Å². The van der Waals surface area contributed by atoms with E-state index in [0.717, 1.165) is 17.7 Å². The molecule has 1 amide bonds. The van der Waals surface area contributed by atoms with E-state index in [-0.39, 0.29) is 5.91 Å². The molecular formula is C14H19N3O3S. The van der Waals surface area contributed by atoms with Crippen molar-refractivity contribution in [2.24, 2.45) is 5.92 Å². The van der Waals surface area contributed by atoms with E-state index in [0.29, 0.717) is 37.5 Å². The summed E-state index contributed by atoms with van der Waals surface area (Å²) in [6.07, 6.45) is 1.97. The van der Waals surface area contributed by atoms with Crippen molar-refractivity contribution in [3.05, 3.63) is 23.8 Å². The van der Waals surface area contributed by atoms with Crippen LogP contribution >= 0.6 is 0 Å². The van der Waals surface area contributed by atoms with Crippen molar-refractivity contribution in [1.29, 1.82) is 0 Å². The van der Waals surface area contributed by atoms with E-state index in [4.69, 9.17) is 0 Å². The molecule has 0 spiro atoms. The van der Waals surface area contributed by atoms with Crippen molar-refractivity contribution >= 4 is 27.5 Å². The number of nitrogens with zero attached hydrogens (tertiary/aromatic N) is 1. The first-order chi connectivity index (χ1) is 9.94. The van der Waals surface area contributed by atoms with Crippen molar-refractivity contribution in [3.8, 4) is 0 Å². The highest BCUT2D eigenvalue weighted by Gasteiger charge is 2.29. The number of nitrogens with one attached hydrogen (secondary N) is 2. The molecule has 21 heavy (non-hydrogen) atoms. The van der Waals surface area contributed by atoms with E-state index < -0.39 is 10.2 Å². The summed E-state index contributed by atoms with van der Waals surface area (Å²) in [6, 6.07) is 5.23. The molecule has 2 aliphatic heterocycles. The summed E-state index contributed by atoms with van der Waals surface area (Å²) in [5, 5.41) is 2.78. The van der Waals surface area contributed by atoms with Gasteiger partial charge in [-0.05, 0) is 42.5 Å². The van der Waals surface area contributed by atoms with Crippen molar-refractivity contribution in [2.45, 2.75) is 26.2 Å². The normalized spacial score (nSPS) is 22.7. The standard InChI is InChI=1S/C14H19N3O3S/c1-10-6-7-17(9-10)21(19,20)16-12-3-4-13-11(8-12)2-5-14(18)15-13/h3-4,8,10,16H,2,5-7,9H2,1H3,(H,15,18)/t10-/m1/s1. The minimum absolute atomic E-state index is 0.00175. The highest BCUT2D eigenvalue weighted by molar-refractivity contribution is 7.90. The molecule has 2 N–H and O–H groups in total. The van der Waals surface area contributed by atoms with Gasteiger partial charge in [0, 0.05) is 25.2 Å². The number of rotatable bonds is 3. The number of carbonyl (C=O) groups excluding carboxylic acids is 1. The Labute approximate surface area is 124 Å². The lowest BCUT2D eigenvalue weighted by Crippen LogP contribution is -2.34. The molecule has 0 bridgehead atoms. The first-order valence-corrected chi connectivity index (χ1v) is 8.59. The number of hydrogen-bond acceptors (Lipinski definition) is 3. The molecule has 6 nitrogen and oxygen atoms in total. The van der Waals surface area contributed by atoms with Crippen molar-refractivity contribution < 1.29 is 13.2 Å². The third-order valence-corrected chi connectivity index (χ3v) is 5.48. The predicted molar refractivity (Wildman–Crippen MR) is 81.3 cm³/mol. The van der Waals surface area contributed by atoms with Gasteiger partial charge in [0.05, 0.1) is 5.69 Å². The lowest BCUT2D eigenvalue weighted by atomic mass is 10.0. The number of amides is 1. The molecule has 1 aromatic carbocycles. The van der Waals surface area contributed by atoms with Gasteiger partial charge >= 0.3 is 10.2 Å². The molecule has 114 valence electrons. The van der Waals surface area contributed by atoms with Crippen molar-refractivity contribution in [2.75, 3.05) is 23.1 Å². The lowest BCUT2D eigenvalue weighted by molar-refractivity contribution is -0.116. The zero-order chi connectivity index (χ0) is 15.0. The van der Waals surface area contributed by atoms with Gasteiger partial charge in [0.15, 0.2) is 0 Å². The zero-order valence-electron chi connectivity index (χ0n) is 11.9. The fourth-order valence-corrected chi connectivity index (χ4v) is 4.12. The first-order valence-electron chi connectivity index (χ1n) is 7.15. The van der Waals surface area contributed by atoms with Gasteiger partial charge in [0.2, 0.25) is 5.91 Å². The molecule has 0 aromatic heterocycles. The van der Waals surface area contributed by atoms with Gasteiger partial charge < -0.3 is 5.32 Å². The van der Waals surface area contributed by atoms with Gasteiger partial charge in [-0.25, -0.2) is 0 Å². The second-order valence-electron chi connectivity index (χ2n) is 5.78. The number of hydrogen-bond donors (Lipinski definition) is 2. The number of benzene rings is 1. The Hall–Kier alpha value is -1.60. The molecule has 3 rings (SSSR count). The fraction of sp³-hybridized carbons (Fsp3) is 0.500. The molecule has 7 heteroatoms. The molecule has 1 aromatic rings. The maximum atomic E-state index is 12.3. The van der Waals surface area contributed by atoms with E-state index >= 15 is 0 Å². The molecule has 2 aliphatic rings. The van der Waals surface area contributed by atoms with Crippen molar-refractivity contribution in [3.63, 3.8) is 0 Å². The van der Waals surface area contributed by atoms with Crippen LogP contribution in [0.15, 0.2) is 18.2 Å². The second kappa shape index (κ2) is 5.31. The van der Waals surface area contributed by atoms with E-state index in [9.17, 15) is 13.2 Å². The summed E-state index contributed by atoms with van der Waals surface area (Å²) in [4.78, 5) is 11.3. The van der Waals surface area contributed by atoms with E-state index in [1.54, 1.807) is 18.2 Å². The molecule has 2 heterocycles. The SMILES string of the molecule is C[C@@H]1CCN(S(=O)(=O)Nc2ccc3c(c2)CCC(=O)N3)C1. The number of aryl methyl sites for hydroxylation is 1. The molecule has 0 saturated carbocycles. The quantitative estimate of drug-likeness (QED) is 0.889. The zero-order valence-corrected chi connectivity index (χ0v) is 12.7. The summed E-state index contributed by atoms with van der Waals surface area (Å²) in [5.74, 6) is 0.405. The Morgan fingerprint density at radius 2 is 2.14 bits per heavy atom. The molecular weight excluding hydrogens is 290 g/mol. The van der Waals surface area contributed by atoms with Crippen LogP contribution in [0.4, 0.5) is 11.4 Å². The Morgan fingerprint density at radius 1 is 1.33 bits per heavy atom. The van der Waals surface area contributed by atoms with Crippen LogP contribution in [-0.2, 0) is 21.4 Å². The maximum absolute atomic E-state index is 12.3. The number of anilines is 2. The Balaban J connectivity index is 1.77. The Kier molecular flexibility index (Phi) is 3.62. The summed E-state index contributed by atoms with van der Waals surface area (Å²) >= 11 is 0. The van der Waals surface area contributed by atoms with Gasteiger partial charge in [0.25, 0.3) is 0 Å². The van der Waals surface area contributed by atoms with Crippen LogP contribution in [0.1, 0.15) is 25.3 Å². The second-order valence-corrected chi connectivity index (χ2v) is 7.45. The van der Waals surface area contributed by atoms with Crippen LogP contribution in [-0.4, -0.2) is 31.7 Å². The summed E-state index contributed by atoms with van der Waals surface area (Å²) in [6.45, 7) is 3.19. The van der Waals surface area contributed by atoms with Crippen LogP contribution in [0, 0.1) is 5.92 Å². The molecule has 0 radical (unpaired) electrons.